The Labute approximate surface area is 201 Å². The van der Waals surface area contributed by atoms with Gasteiger partial charge < -0.3 is 20.1 Å². The molecule has 34 heavy (non-hydrogen) atoms. The topological polar surface area (TPSA) is 94.1 Å². The van der Waals surface area contributed by atoms with E-state index in [1.54, 1.807) is 23.9 Å². The predicted octanol–water partition coefficient (Wildman–Crippen LogP) is 4.46. The number of hydrogen-bond donors (Lipinski definition) is 3. The van der Waals surface area contributed by atoms with E-state index in [9.17, 15) is 10.2 Å². The zero-order valence-corrected chi connectivity index (χ0v) is 19.5. The molecule has 0 unspecified atom stereocenters. The number of rotatable bonds is 10. The van der Waals surface area contributed by atoms with Crippen molar-refractivity contribution in [3.05, 3.63) is 84.0 Å². The van der Waals surface area contributed by atoms with E-state index in [0.717, 1.165) is 12.1 Å². The van der Waals surface area contributed by atoms with Crippen LogP contribution < -0.4 is 5.32 Å². The van der Waals surface area contributed by atoms with E-state index in [0.29, 0.717) is 24.2 Å². The Morgan fingerprint density at radius 1 is 1.15 bits per heavy atom. The van der Waals surface area contributed by atoms with Crippen LogP contribution in [0.1, 0.15) is 54.8 Å². The van der Waals surface area contributed by atoms with Crippen LogP contribution in [0.25, 0.3) is 17.2 Å². The second kappa shape index (κ2) is 11.3. The molecule has 1 aliphatic carbocycles. The first kappa shape index (κ1) is 23.9. The number of benzene rings is 2. The van der Waals surface area contributed by atoms with Gasteiger partial charge in [-0.25, -0.2) is 4.98 Å². The lowest BCUT2D eigenvalue weighted by Crippen LogP contribution is -2.32. The molecule has 6 nitrogen and oxygen atoms in total. The summed E-state index contributed by atoms with van der Waals surface area (Å²) in [5.41, 5.74) is 4.80. The van der Waals surface area contributed by atoms with E-state index in [-0.39, 0.29) is 12.6 Å². The molecule has 0 aliphatic heterocycles. The molecule has 176 valence electrons. The number of nitriles is 1. The van der Waals surface area contributed by atoms with Crippen molar-refractivity contribution >= 4 is 6.08 Å². The number of imidazole rings is 1. The normalized spacial score (nSPS) is 19.5. The Morgan fingerprint density at radius 3 is 2.44 bits per heavy atom. The summed E-state index contributed by atoms with van der Waals surface area (Å²) in [4.78, 5) is 4.18. The number of hydrogen-bond acceptors (Lipinski definition) is 5. The van der Waals surface area contributed by atoms with E-state index in [2.05, 4.69) is 64.9 Å². The van der Waals surface area contributed by atoms with Crippen LogP contribution in [0.15, 0.2) is 67.0 Å². The third-order valence-electron chi connectivity index (χ3n) is 6.63. The van der Waals surface area contributed by atoms with Gasteiger partial charge in [0.25, 0.3) is 0 Å². The fourth-order valence-corrected chi connectivity index (χ4v) is 4.63. The lowest BCUT2D eigenvalue weighted by atomic mass is 9.71. The Balaban J connectivity index is 1.35. The summed E-state index contributed by atoms with van der Waals surface area (Å²) in [5.74, 6) is 1.84. The lowest BCUT2D eigenvalue weighted by Gasteiger charge is -2.35. The van der Waals surface area contributed by atoms with Gasteiger partial charge in [-0.3, -0.25) is 0 Å². The van der Waals surface area contributed by atoms with Crippen molar-refractivity contribution in [2.24, 2.45) is 5.92 Å². The molecule has 0 amide bonds. The molecule has 1 heterocycles. The fourth-order valence-electron chi connectivity index (χ4n) is 4.63. The molecule has 0 bridgehead atoms. The molecule has 2 aromatic carbocycles. The smallest absolute Gasteiger partial charge is 0.137 e. The summed E-state index contributed by atoms with van der Waals surface area (Å²) >= 11 is 0. The molecule has 1 aliphatic rings. The van der Waals surface area contributed by atoms with Crippen LogP contribution in [0, 0.1) is 17.2 Å². The molecule has 1 aromatic heterocycles. The molecule has 0 radical (unpaired) electrons. The highest BCUT2D eigenvalue weighted by atomic mass is 16.3. The molecule has 3 N–H and O–H groups in total. The summed E-state index contributed by atoms with van der Waals surface area (Å²) < 4.78 is 1.80. The highest BCUT2D eigenvalue weighted by Crippen LogP contribution is 2.41. The van der Waals surface area contributed by atoms with Crippen molar-refractivity contribution in [3.8, 4) is 17.2 Å². The van der Waals surface area contributed by atoms with Gasteiger partial charge in [-0.2, -0.15) is 5.26 Å². The lowest BCUT2D eigenvalue weighted by molar-refractivity contribution is 0.175. The van der Waals surface area contributed by atoms with Gasteiger partial charge in [0.1, 0.15) is 11.9 Å². The number of nitrogens with one attached hydrogen (secondary N) is 1. The average Bonchev–Trinajstić information content (AvgIpc) is 3.32. The maximum absolute atomic E-state index is 9.88. The highest BCUT2D eigenvalue weighted by molar-refractivity contribution is 5.66. The first-order chi connectivity index (χ1) is 16.6. The van der Waals surface area contributed by atoms with Crippen molar-refractivity contribution in [1.29, 1.82) is 5.26 Å². The summed E-state index contributed by atoms with van der Waals surface area (Å²) in [6.07, 6.45) is 9.00. The second-order valence-corrected chi connectivity index (χ2v) is 9.05. The van der Waals surface area contributed by atoms with Crippen LogP contribution in [0.2, 0.25) is 0 Å². The van der Waals surface area contributed by atoms with Crippen molar-refractivity contribution in [1.82, 2.24) is 14.9 Å². The summed E-state index contributed by atoms with van der Waals surface area (Å²) in [7, 11) is 0. The fraction of sp³-hybridized carbons (Fsp3) is 0.357. The highest BCUT2D eigenvalue weighted by Gasteiger charge is 2.29. The average molecular weight is 457 g/mol. The number of nitrogens with zero attached hydrogens (tertiary/aromatic N) is 3. The van der Waals surface area contributed by atoms with E-state index >= 15 is 0 Å². The van der Waals surface area contributed by atoms with Crippen LogP contribution in [-0.4, -0.2) is 39.5 Å². The standard InChI is InChI=1S/C28H32N4O2/c1-20(34)28-31-14-15-32(28)27(19-33)11-4-21-2-5-23(6-3-21)24-7-9-25(10-8-24)26-16-22(17-26)18-30-13-12-29/h2-11,14-15,20,22,26-27,30,33-34H,13,16-19H2,1H3/b11-4+/t20-,22?,26?,27-/m0/s1. The van der Waals surface area contributed by atoms with Gasteiger partial charge in [0, 0.05) is 12.4 Å². The zero-order valence-electron chi connectivity index (χ0n) is 19.5. The molecule has 2 atom stereocenters. The van der Waals surface area contributed by atoms with Crippen molar-refractivity contribution < 1.29 is 10.2 Å². The minimum atomic E-state index is -0.694. The molecular weight excluding hydrogens is 424 g/mol. The SMILES string of the molecule is C[C@H](O)c1nccn1[C@@H](/C=C/c1ccc(-c2ccc(C3CC(CNCC#N)C3)cc2)cc1)CO. The van der Waals surface area contributed by atoms with Crippen LogP contribution in [0.4, 0.5) is 0 Å². The minimum Gasteiger partial charge on any atom is -0.394 e. The second-order valence-electron chi connectivity index (χ2n) is 9.05. The zero-order chi connectivity index (χ0) is 23.9. The molecule has 0 saturated heterocycles. The maximum Gasteiger partial charge on any atom is 0.137 e. The molecular formula is C28H32N4O2. The Hall–Kier alpha value is -3.24. The minimum absolute atomic E-state index is 0.0743. The number of aliphatic hydroxyl groups excluding tert-OH is 2. The summed E-state index contributed by atoms with van der Waals surface area (Å²) in [5, 5.41) is 31.5. The predicted molar refractivity (Wildman–Crippen MR) is 134 cm³/mol. The third kappa shape index (κ3) is 5.63. The van der Waals surface area contributed by atoms with E-state index in [4.69, 9.17) is 5.26 Å². The van der Waals surface area contributed by atoms with Crippen LogP contribution in [0.3, 0.4) is 0 Å². The quantitative estimate of drug-likeness (QED) is 0.309. The summed E-state index contributed by atoms with van der Waals surface area (Å²) in [6.45, 7) is 2.96. The van der Waals surface area contributed by atoms with Gasteiger partial charge in [-0.15, -0.1) is 0 Å². The Kier molecular flexibility index (Phi) is 7.91. The molecule has 3 aromatic rings. The van der Waals surface area contributed by atoms with E-state index in [1.807, 2.05) is 12.2 Å². The molecule has 6 heteroatoms. The van der Waals surface area contributed by atoms with Crippen LogP contribution >= 0.6 is 0 Å². The van der Waals surface area contributed by atoms with Crippen LogP contribution in [0.5, 0.6) is 0 Å². The molecule has 1 saturated carbocycles. The molecule has 4 rings (SSSR count). The van der Waals surface area contributed by atoms with Gasteiger partial charge >= 0.3 is 0 Å². The Bertz CT molecular complexity index is 1120. The molecule has 1 fully saturated rings. The summed E-state index contributed by atoms with van der Waals surface area (Å²) in [6, 6.07) is 19.1. The Morgan fingerprint density at radius 2 is 1.82 bits per heavy atom. The maximum atomic E-state index is 9.88. The van der Waals surface area contributed by atoms with Gasteiger partial charge in [0.05, 0.1) is 25.3 Å². The van der Waals surface area contributed by atoms with E-state index in [1.165, 1.54) is 29.5 Å². The largest absolute Gasteiger partial charge is 0.394 e. The number of aliphatic hydroxyl groups is 2. The van der Waals surface area contributed by atoms with Crippen molar-refractivity contribution in [2.45, 2.75) is 37.8 Å². The first-order valence-corrected chi connectivity index (χ1v) is 11.9. The van der Waals surface area contributed by atoms with Crippen molar-refractivity contribution in [3.63, 3.8) is 0 Å². The van der Waals surface area contributed by atoms with Gasteiger partial charge in [0.15, 0.2) is 0 Å². The van der Waals surface area contributed by atoms with Crippen molar-refractivity contribution in [2.75, 3.05) is 19.7 Å². The third-order valence-corrected chi connectivity index (χ3v) is 6.63. The van der Waals surface area contributed by atoms with Gasteiger partial charge in [0.2, 0.25) is 0 Å². The molecule has 0 spiro atoms. The van der Waals surface area contributed by atoms with Crippen LogP contribution in [-0.2, 0) is 0 Å². The number of aromatic nitrogens is 2. The van der Waals surface area contributed by atoms with E-state index < -0.39 is 6.10 Å². The first-order valence-electron chi connectivity index (χ1n) is 11.9. The van der Waals surface area contributed by atoms with Gasteiger partial charge in [-0.05, 0) is 60.4 Å². The van der Waals surface area contributed by atoms with Gasteiger partial charge in [-0.1, -0.05) is 60.7 Å². The monoisotopic (exact) mass is 456 g/mol.